The first-order valence-electron chi connectivity index (χ1n) is 3.95. The second-order valence-electron chi connectivity index (χ2n) is 2.40. The molecule has 66 valence electrons. The standard InChI is InChI=1S/C7H16N2OS/c1-3-5-9(6-4-2)8-7(10)11/h3-6H2,1-2H3,(H2,8,10,11). The SMILES string of the molecule is CCCN(CCC)NC(=O)S. The molecular weight excluding hydrogens is 160 g/mol. The van der Waals surface area contributed by atoms with Crippen molar-refractivity contribution < 1.29 is 4.79 Å². The quantitative estimate of drug-likeness (QED) is 0.493. The zero-order valence-corrected chi connectivity index (χ0v) is 8.03. The van der Waals surface area contributed by atoms with Crippen LogP contribution in [0.1, 0.15) is 26.7 Å². The molecule has 0 aliphatic heterocycles. The average molecular weight is 176 g/mol. The highest BCUT2D eigenvalue weighted by atomic mass is 32.1. The topological polar surface area (TPSA) is 32.3 Å². The van der Waals surface area contributed by atoms with E-state index in [1.54, 1.807) is 0 Å². The average Bonchev–Trinajstić information content (AvgIpc) is 1.87. The van der Waals surface area contributed by atoms with Gasteiger partial charge in [-0.2, -0.15) is 0 Å². The first-order valence-corrected chi connectivity index (χ1v) is 4.40. The fourth-order valence-corrected chi connectivity index (χ4v) is 1.04. The van der Waals surface area contributed by atoms with Gasteiger partial charge in [0.2, 0.25) is 0 Å². The van der Waals surface area contributed by atoms with Crippen LogP contribution in [-0.2, 0) is 0 Å². The van der Waals surface area contributed by atoms with Gasteiger partial charge in [-0.1, -0.05) is 26.5 Å². The number of hydrazine groups is 1. The van der Waals surface area contributed by atoms with Crippen molar-refractivity contribution in [1.82, 2.24) is 10.4 Å². The molecule has 1 amide bonds. The van der Waals surface area contributed by atoms with Crippen molar-refractivity contribution in [2.24, 2.45) is 0 Å². The second-order valence-corrected chi connectivity index (χ2v) is 2.81. The Morgan fingerprint density at radius 3 is 2.09 bits per heavy atom. The lowest BCUT2D eigenvalue weighted by molar-refractivity contribution is 0.193. The third-order valence-electron chi connectivity index (χ3n) is 1.24. The molecule has 0 saturated heterocycles. The first kappa shape index (κ1) is 10.8. The molecule has 0 radical (unpaired) electrons. The van der Waals surface area contributed by atoms with Crippen LogP contribution in [0, 0.1) is 0 Å². The number of carbonyl (C=O) groups excluding carboxylic acids is 1. The summed E-state index contributed by atoms with van der Waals surface area (Å²) < 4.78 is 0. The summed E-state index contributed by atoms with van der Waals surface area (Å²) in [5.41, 5.74) is 2.64. The van der Waals surface area contributed by atoms with Gasteiger partial charge in [0.05, 0.1) is 0 Å². The Kier molecular flexibility index (Phi) is 6.36. The molecule has 0 aromatic rings. The van der Waals surface area contributed by atoms with Crippen LogP contribution in [0.5, 0.6) is 0 Å². The predicted octanol–water partition coefficient (Wildman–Crippen LogP) is 1.66. The molecule has 0 aliphatic carbocycles. The van der Waals surface area contributed by atoms with E-state index in [-0.39, 0.29) is 5.24 Å². The molecule has 0 spiro atoms. The normalized spacial score (nSPS) is 10.2. The number of amides is 1. The van der Waals surface area contributed by atoms with Gasteiger partial charge in [-0.05, 0) is 12.8 Å². The maximum atomic E-state index is 10.5. The molecule has 0 aromatic carbocycles. The summed E-state index contributed by atoms with van der Waals surface area (Å²) in [7, 11) is 0. The summed E-state index contributed by atoms with van der Waals surface area (Å²) in [5.74, 6) is 0. The van der Waals surface area contributed by atoms with Crippen LogP contribution >= 0.6 is 12.6 Å². The maximum Gasteiger partial charge on any atom is 0.290 e. The molecule has 4 heteroatoms. The third-order valence-corrected chi connectivity index (χ3v) is 1.34. The minimum Gasteiger partial charge on any atom is -0.280 e. The third kappa shape index (κ3) is 6.19. The van der Waals surface area contributed by atoms with Crippen LogP contribution in [0.25, 0.3) is 0 Å². The van der Waals surface area contributed by atoms with Crippen LogP contribution in [0.3, 0.4) is 0 Å². The van der Waals surface area contributed by atoms with Gasteiger partial charge in [-0.15, -0.1) is 0 Å². The van der Waals surface area contributed by atoms with Gasteiger partial charge >= 0.3 is 0 Å². The summed E-state index contributed by atoms with van der Waals surface area (Å²) in [4.78, 5) is 10.5. The van der Waals surface area contributed by atoms with Gasteiger partial charge in [-0.25, -0.2) is 5.01 Å². The Hall–Kier alpha value is -0.220. The van der Waals surface area contributed by atoms with E-state index in [9.17, 15) is 4.79 Å². The van der Waals surface area contributed by atoms with E-state index in [2.05, 4.69) is 31.9 Å². The van der Waals surface area contributed by atoms with Crippen molar-refractivity contribution in [3.8, 4) is 0 Å². The summed E-state index contributed by atoms with van der Waals surface area (Å²) in [6.45, 7) is 5.93. The molecule has 0 unspecified atom stereocenters. The number of hydrogen-bond acceptors (Lipinski definition) is 2. The lowest BCUT2D eigenvalue weighted by Gasteiger charge is -2.20. The van der Waals surface area contributed by atoms with Gasteiger partial charge < -0.3 is 0 Å². The van der Waals surface area contributed by atoms with E-state index in [0.29, 0.717) is 0 Å². The van der Waals surface area contributed by atoms with Gasteiger partial charge in [0.1, 0.15) is 0 Å². The number of hydrogen-bond donors (Lipinski definition) is 2. The van der Waals surface area contributed by atoms with E-state index in [1.165, 1.54) is 0 Å². The molecule has 1 N–H and O–H groups in total. The molecule has 0 atom stereocenters. The predicted molar refractivity (Wildman–Crippen MR) is 49.7 cm³/mol. The van der Waals surface area contributed by atoms with Crippen molar-refractivity contribution in [3.63, 3.8) is 0 Å². The smallest absolute Gasteiger partial charge is 0.280 e. The summed E-state index contributed by atoms with van der Waals surface area (Å²) >= 11 is 3.63. The Morgan fingerprint density at radius 1 is 1.36 bits per heavy atom. The van der Waals surface area contributed by atoms with Crippen LogP contribution in [0.15, 0.2) is 0 Å². The minimum absolute atomic E-state index is 0.285. The molecule has 0 heterocycles. The lowest BCUT2D eigenvalue weighted by Crippen LogP contribution is -2.40. The summed E-state index contributed by atoms with van der Waals surface area (Å²) in [6.07, 6.45) is 2.07. The monoisotopic (exact) mass is 176 g/mol. The van der Waals surface area contributed by atoms with Gasteiger partial charge in [-0.3, -0.25) is 10.2 Å². The van der Waals surface area contributed by atoms with Crippen molar-refractivity contribution in [3.05, 3.63) is 0 Å². The van der Waals surface area contributed by atoms with E-state index < -0.39 is 0 Å². The molecule has 3 nitrogen and oxygen atoms in total. The molecular formula is C7H16N2OS. The van der Waals surface area contributed by atoms with Crippen LogP contribution in [0.2, 0.25) is 0 Å². The highest BCUT2D eigenvalue weighted by molar-refractivity contribution is 7.96. The number of thiol groups is 1. The summed E-state index contributed by atoms with van der Waals surface area (Å²) in [5, 5.41) is 1.60. The van der Waals surface area contributed by atoms with Gasteiger partial charge in [0, 0.05) is 13.1 Å². The van der Waals surface area contributed by atoms with Crippen LogP contribution in [0.4, 0.5) is 4.79 Å². The van der Waals surface area contributed by atoms with Crippen molar-refractivity contribution in [2.45, 2.75) is 26.7 Å². The summed E-state index contributed by atoms with van der Waals surface area (Å²) in [6, 6.07) is 0. The highest BCUT2D eigenvalue weighted by Crippen LogP contribution is 1.90. The molecule has 11 heavy (non-hydrogen) atoms. The van der Waals surface area contributed by atoms with E-state index >= 15 is 0 Å². The number of rotatable bonds is 5. The second kappa shape index (κ2) is 6.49. The molecule has 0 bridgehead atoms. The minimum atomic E-state index is -0.285. The van der Waals surface area contributed by atoms with Crippen LogP contribution < -0.4 is 5.43 Å². The van der Waals surface area contributed by atoms with Crippen molar-refractivity contribution in [1.29, 1.82) is 0 Å². The largest absolute Gasteiger partial charge is 0.290 e. The fraction of sp³-hybridized carbons (Fsp3) is 0.857. The highest BCUT2D eigenvalue weighted by Gasteiger charge is 2.02. The van der Waals surface area contributed by atoms with Crippen molar-refractivity contribution in [2.75, 3.05) is 13.1 Å². The maximum absolute atomic E-state index is 10.5. The van der Waals surface area contributed by atoms with Gasteiger partial charge in [0.25, 0.3) is 5.24 Å². The number of nitrogens with one attached hydrogen (secondary N) is 1. The zero-order valence-electron chi connectivity index (χ0n) is 7.13. The number of carbonyl (C=O) groups is 1. The fourth-order valence-electron chi connectivity index (χ4n) is 0.899. The van der Waals surface area contributed by atoms with E-state index in [0.717, 1.165) is 25.9 Å². The Balaban J connectivity index is 3.59. The van der Waals surface area contributed by atoms with Crippen molar-refractivity contribution >= 4 is 17.9 Å². The molecule has 0 saturated carbocycles. The van der Waals surface area contributed by atoms with E-state index in [1.807, 2.05) is 5.01 Å². The van der Waals surface area contributed by atoms with E-state index in [4.69, 9.17) is 0 Å². The molecule has 0 aliphatic rings. The Bertz CT molecular complexity index is 113. The Morgan fingerprint density at radius 2 is 1.82 bits per heavy atom. The molecule has 0 fully saturated rings. The first-order chi connectivity index (χ1) is 5.20. The van der Waals surface area contributed by atoms with Gasteiger partial charge in [0.15, 0.2) is 0 Å². The zero-order chi connectivity index (χ0) is 8.69. The Labute approximate surface area is 73.5 Å². The molecule has 0 rings (SSSR count). The number of nitrogens with zero attached hydrogens (tertiary/aromatic N) is 1. The molecule has 0 aromatic heterocycles. The van der Waals surface area contributed by atoms with Crippen LogP contribution in [-0.4, -0.2) is 23.3 Å². The lowest BCUT2D eigenvalue weighted by atomic mass is 10.4.